The number of rotatable bonds is 2. The lowest BCUT2D eigenvalue weighted by molar-refractivity contribution is 0.112. The van der Waals surface area contributed by atoms with Crippen LogP contribution >= 0.6 is 15.9 Å². The van der Waals surface area contributed by atoms with E-state index in [2.05, 4.69) is 21.0 Å². The van der Waals surface area contributed by atoms with Crippen LogP contribution in [0, 0.1) is 6.92 Å². The summed E-state index contributed by atoms with van der Waals surface area (Å²) in [5, 5.41) is 4.35. The van der Waals surface area contributed by atoms with Gasteiger partial charge in [-0.3, -0.25) is 9.48 Å². The van der Waals surface area contributed by atoms with Gasteiger partial charge < -0.3 is 0 Å². The van der Waals surface area contributed by atoms with Crippen LogP contribution < -0.4 is 0 Å². The number of hydrogen-bond donors (Lipinski definition) is 0. The maximum absolute atomic E-state index is 11.1. The zero-order valence-corrected chi connectivity index (χ0v) is 10.7. The standard InChI is InChI=1S/C12H11BrN2O/c1-8-5-3-4-6-9(8)11-10(7-16)12(13)15(2)14-11/h3-7H,1-2H3. The highest BCUT2D eigenvalue weighted by molar-refractivity contribution is 9.10. The monoisotopic (exact) mass is 278 g/mol. The van der Waals surface area contributed by atoms with Crippen LogP contribution in [0.1, 0.15) is 15.9 Å². The van der Waals surface area contributed by atoms with Gasteiger partial charge in [-0.1, -0.05) is 24.3 Å². The molecule has 0 aliphatic heterocycles. The average molecular weight is 279 g/mol. The van der Waals surface area contributed by atoms with Crippen molar-refractivity contribution in [3.63, 3.8) is 0 Å². The van der Waals surface area contributed by atoms with E-state index in [1.165, 1.54) is 0 Å². The third-order valence-corrected chi connectivity index (χ3v) is 3.47. The summed E-state index contributed by atoms with van der Waals surface area (Å²) < 4.78 is 2.37. The Balaban J connectivity index is 2.69. The van der Waals surface area contributed by atoms with E-state index in [1.54, 1.807) is 11.7 Å². The Morgan fingerprint density at radius 1 is 1.38 bits per heavy atom. The molecule has 1 heterocycles. The second kappa shape index (κ2) is 4.22. The molecule has 0 aliphatic rings. The summed E-state index contributed by atoms with van der Waals surface area (Å²) in [6.07, 6.45) is 0.832. The van der Waals surface area contributed by atoms with Crippen molar-refractivity contribution < 1.29 is 4.79 Å². The normalized spacial score (nSPS) is 10.4. The number of carbonyl (C=O) groups is 1. The highest BCUT2D eigenvalue weighted by Gasteiger charge is 2.15. The summed E-state index contributed by atoms with van der Waals surface area (Å²) in [5.41, 5.74) is 3.42. The maximum Gasteiger partial charge on any atom is 0.155 e. The first kappa shape index (κ1) is 11.1. The van der Waals surface area contributed by atoms with E-state index < -0.39 is 0 Å². The molecule has 16 heavy (non-hydrogen) atoms. The van der Waals surface area contributed by atoms with Crippen molar-refractivity contribution in [1.29, 1.82) is 0 Å². The summed E-state index contributed by atoms with van der Waals surface area (Å²) >= 11 is 3.35. The Hall–Kier alpha value is -1.42. The van der Waals surface area contributed by atoms with E-state index in [9.17, 15) is 4.79 Å². The van der Waals surface area contributed by atoms with Crippen molar-refractivity contribution in [2.24, 2.45) is 7.05 Å². The molecule has 0 N–H and O–H groups in total. The molecule has 0 bridgehead atoms. The molecule has 0 radical (unpaired) electrons. The van der Waals surface area contributed by atoms with E-state index in [-0.39, 0.29) is 0 Å². The molecule has 0 atom stereocenters. The van der Waals surface area contributed by atoms with Crippen molar-refractivity contribution in [2.75, 3.05) is 0 Å². The average Bonchev–Trinajstić information content (AvgIpc) is 2.56. The third-order valence-electron chi connectivity index (χ3n) is 2.53. The van der Waals surface area contributed by atoms with Crippen molar-refractivity contribution >= 4 is 22.2 Å². The van der Waals surface area contributed by atoms with E-state index in [4.69, 9.17) is 0 Å². The molecule has 0 amide bonds. The highest BCUT2D eigenvalue weighted by Crippen LogP contribution is 2.28. The Morgan fingerprint density at radius 2 is 2.06 bits per heavy atom. The van der Waals surface area contributed by atoms with Gasteiger partial charge in [0.2, 0.25) is 0 Å². The topological polar surface area (TPSA) is 34.9 Å². The summed E-state index contributed by atoms with van der Waals surface area (Å²) in [4.78, 5) is 11.1. The molecule has 1 aromatic carbocycles. The van der Waals surface area contributed by atoms with E-state index in [1.807, 2.05) is 31.2 Å². The Kier molecular flexibility index (Phi) is 2.92. The first-order valence-corrected chi connectivity index (χ1v) is 5.68. The number of hydrogen-bond acceptors (Lipinski definition) is 2. The largest absolute Gasteiger partial charge is 0.298 e. The van der Waals surface area contributed by atoms with Crippen LogP contribution in [0.3, 0.4) is 0 Å². The fraction of sp³-hybridized carbons (Fsp3) is 0.167. The smallest absolute Gasteiger partial charge is 0.155 e. The fourth-order valence-corrected chi connectivity index (χ4v) is 2.02. The second-order valence-corrected chi connectivity index (χ2v) is 4.36. The van der Waals surface area contributed by atoms with Crippen molar-refractivity contribution in [1.82, 2.24) is 9.78 Å². The molecular formula is C12H11BrN2O. The summed E-state index contributed by atoms with van der Waals surface area (Å²) in [5.74, 6) is 0. The van der Waals surface area contributed by atoms with Crippen LogP contribution in [-0.2, 0) is 7.05 Å². The lowest BCUT2D eigenvalue weighted by Gasteiger charge is -2.01. The predicted octanol–water partition coefficient (Wildman–Crippen LogP) is 2.97. The highest BCUT2D eigenvalue weighted by atomic mass is 79.9. The van der Waals surface area contributed by atoms with Gasteiger partial charge in [0.05, 0.1) is 5.56 Å². The lowest BCUT2D eigenvalue weighted by atomic mass is 10.0. The first-order chi connectivity index (χ1) is 7.65. The van der Waals surface area contributed by atoms with Crippen molar-refractivity contribution in [3.8, 4) is 11.3 Å². The molecule has 3 nitrogen and oxygen atoms in total. The van der Waals surface area contributed by atoms with Crippen LogP contribution in [0.2, 0.25) is 0 Å². The third kappa shape index (κ3) is 1.69. The van der Waals surface area contributed by atoms with E-state index in [0.29, 0.717) is 10.2 Å². The molecule has 0 unspecified atom stereocenters. The number of nitrogens with zero attached hydrogens (tertiary/aromatic N) is 2. The van der Waals surface area contributed by atoms with Gasteiger partial charge in [-0.2, -0.15) is 5.10 Å². The quantitative estimate of drug-likeness (QED) is 0.792. The van der Waals surface area contributed by atoms with Crippen LogP contribution in [0.4, 0.5) is 0 Å². The molecule has 82 valence electrons. The predicted molar refractivity (Wildman–Crippen MR) is 66.5 cm³/mol. The van der Waals surface area contributed by atoms with Gasteiger partial charge >= 0.3 is 0 Å². The molecule has 2 aromatic rings. The Morgan fingerprint density at radius 3 is 2.69 bits per heavy atom. The molecule has 2 rings (SSSR count). The van der Waals surface area contributed by atoms with Gasteiger partial charge in [0.25, 0.3) is 0 Å². The van der Waals surface area contributed by atoms with Gasteiger partial charge in [0.15, 0.2) is 6.29 Å². The molecule has 0 saturated carbocycles. The van der Waals surface area contributed by atoms with E-state index >= 15 is 0 Å². The minimum Gasteiger partial charge on any atom is -0.298 e. The molecule has 0 aliphatic carbocycles. The van der Waals surface area contributed by atoms with Crippen LogP contribution in [0.15, 0.2) is 28.9 Å². The molecule has 0 saturated heterocycles. The minimum atomic E-state index is 0.594. The first-order valence-electron chi connectivity index (χ1n) is 4.89. The Labute approximate surface area is 102 Å². The minimum absolute atomic E-state index is 0.594. The van der Waals surface area contributed by atoms with Crippen molar-refractivity contribution in [2.45, 2.75) is 6.92 Å². The van der Waals surface area contributed by atoms with E-state index in [0.717, 1.165) is 23.1 Å². The number of aryl methyl sites for hydroxylation is 2. The summed E-state index contributed by atoms with van der Waals surface area (Å²) in [6.45, 7) is 2.01. The molecule has 1 aromatic heterocycles. The molecule has 4 heteroatoms. The number of aromatic nitrogens is 2. The summed E-state index contributed by atoms with van der Waals surface area (Å²) in [6, 6.07) is 7.89. The fourth-order valence-electron chi connectivity index (χ4n) is 1.66. The van der Waals surface area contributed by atoms with Gasteiger partial charge in [0.1, 0.15) is 10.3 Å². The van der Waals surface area contributed by atoms with Crippen LogP contribution in [0.5, 0.6) is 0 Å². The zero-order chi connectivity index (χ0) is 11.7. The van der Waals surface area contributed by atoms with Crippen LogP contribution in [0.25, 0.3) is 11.3 Å². The zero-order valence-electron chi connectivity index (χ0n) is 9.07. The van der Waals surface area contributed by atoms with Crippen molar-refractivity contribution in [3.05, 3.63) is 40.0 Å². The lowest BCUT2D eigenvalue weighted by Crippen LogP contribution is -1.90. The van der Waals surface area contributed by atoms with Gasteiger partial charge in [-0.15, -0.1) is 0 Å². The molecule has 0 fully saturated rings. The summed E-state index contributed by atoms with van der Waals surface area (Å²) in [7, 11) is 1.80. The molecular weight excluding hydrogens is 268 g/mol. The van der Waals surface area contributed by atoms with Gasteiger partial charge in [-0.05, 0) is 28.4 Å². The SMILES string of the molecule is Cc1ccccc1-c1nn(C)c(Br)c1C=O. The van der Waals surface area contributed by atoms with Crippen LogP contribution in [-0.4, -0.2) is 16.1 Å². The Bertz CT molecular complexity index is 546. The molecule has 0 spiro atoms. The number of carbonyl (C=O) groups excluding carboxylic acids is 1. The number of aldehydes is 1. The second-order valence-electron chi connectivity index (χ2n) is 3.61. The van der Waals surface area contributed by atoms with Gasteiger partial charge in [0, 0.05) is 12.6 Å². The number of benzene rings is 1. The maximum atomic E-state index is 11.1. The van der Waals surface area contributed by atoms with Gasteiger partial charge in [-0.25, -0.2) is 0 Å². The number of halogens is 1.